The molecule has 2 amide bonds. The van der Waals surface area contributed by atoms with Crippen LogP contribution in [0, 0.1) is 0 Å². The number of fused-ring (bicyclic) bond motifs is 1. The van der Waals surface area contributed by atoms with Gasteiger partial charge in [-0.2, -0.15) is 0 Å². The first-order valence-corrected chi connectivity index (χ1v) is 12.7. The maximum Gasteiger partial charge on any atom is 0.408 e. The molecule has 3 N–H and O–H groups in total. The molecular weight excluding hydrogens is 488 g/mol. The molecule has 0 spiro atoms. The fourth-order valence-electron chi connectivity index (χ4n) is 4.03. The Bertz CT molecular complexity index is 1290. The largest absolute Gasteiger partial charge is 0.466 e. The highest BCUT2D eigenvalue weighted by atomic mass is 16.5. The minimum Gasteiger partial charge on any atom is -0.466 e. The summed E-state index contributed by atoms with van der Waals surface area (Å²) in [6.07, 6.45) is 1.01. The molecule has 0 aliphatic carbocycles. The smallest absolute Gasteiger partial charge is 0.408 e. The fraction of sp³-hybridized carbons (Fsp3) is 0.357. The Hall–Kier alpha value is -4.34. The SMILES string of the molecule is CCOC(=O)CC(NC(=O)OCc1ccccc1)c1cc2cc(CCC(=O)NC3=NCCCN3)ccc2o1. The Kier molecular flexibility index (Phi) is 9.33. The van der Waals surface area contributed by atoms with Gasteiger partial charge in [0.25, 0.3) is 0 Å². The predicted octanol–water partition coefficient (Wildman–Crippen LogP) is 3.75. The first kappa shape index (κ1) is 26.7. The van der Waals surface area contributed by atoms with E-state index in [1.807, 2.05) is 48.5 Å². The van der Waals surface area contributed by atoms with Crippen molar-refractivity contribution < 1.29 is 28.3 Å². The highest BCUT2D eigenvalue weighted by molar-refractivity contribution is 5.97. The number of aliphatic imine (C=N–C) groups is 1. The van der Waals surface area contributed by atoms with Crippen molar-refractivity contribution in [2.75, 3.05) is 19.7 Å². The second-order valence-electron chi connectivity index (χ2n) is 8.85. The number of nitrogens with one attached hydrogen (secondary N) is 3. The van der Waals surface area contributed by atoms with E-state index < -0.39 is 18.1 Å². The van der Waals surface area contributed by atoms with Crippen molar-refractivity contribution in [2.45, 2.75) is 45.3 Å². The third-order valence-electron chi connectivity index (χ3n) is 5.92. The van der Waals surface area contributed by atoms with Gasteiger partial charge < -0.3 is 24.5 Å². The summed E-state index contributed by atoms with van der Waals surface area (Å²) >= 11 is 0. The van der Waals surface area contributed by atoms with Crippen molar-refractivity contribution in [1.82, 2.24) is 16.0 Å². The number of alkyl carbamates (subject to hydrolysis) is 1. The molecule has 10 heteroatoms. The van der Waals surface area contributed by atoms with Gasteiger partial charge in [0.2, 0.25) is 5.91 Å². The van der Waals surface area contributed by atoms with Crippen LogP contribution in [0.25, 0.3) is 11.0 Å². The Balaban J connectivity index is 1.41. The molecular formula is C28H32N4O6. The summed E-state index contributed by atoms with van der Waals surface area (Å²) in [7, 11) is 0. The predicted molar refractivity (Wildman–Crippen MR) is 141 cm³/mol. The fourth-order valence-corrected chi connectivity index (χ4v) is 4.03. The summed E-state index contributed by atoms with van der Waals surface area (Å²) in [6, 6.07) is 15.9. The van der Waals surface area contributed by atoms with Gasteiger partial charge in [0.05, 0.1) is 13.0 Å². The number of furan rings is 1. The quantitative estimate of drug-likeness (QED) is 0.347. The van der Waals surface area contributed by atoms with Crippen LogP contribution < -0.4 is 16.0 Å². The molecule has 0 saturated heterocycles. The van der Waals surface area contributed by atoms with Gasteiger partial charge in [-0.25, -0.2) is 4.79 Å². The number of hydrogen-bond acceptors (Lipinski definition) is 8. The standard InChI is InChI=1S/C28H32N4O6/c1-2-36-26(34)17-22(31-28(35)37-18-20-7-4-3-5-8-20)24-16-21-15-19(9-11-23(21)38-24)10-12-25(33)32-27-29-13-6-14-30-27/h3-5,7-9,11,15-16,22H,2,6,10,12-14,17-18H2,1H3,(H,31,35)(H2,29,30,32,33). The summed E-state index contributed by atoms with van der Waals surface area (Å²) < 4.78 is 16.4. The number of nitrogens with zero attached hydrogens (tertiary/aromatic N) is 1. The average molecular weight is 521 g/mol. The van der Waals surface area contributed by atoms with Crippen LogP contribution >= 0.6 is 0 Å². The monoisotopic (exact) mass is 520 g/mol. The number of hydrogen-bond donors (Lipinski definition) is 3. The number of benzene rings is 2. The van der Waals surface area contributed by atoms with Gasteiger partial charge in [-0.1, -0.05) is 36.4 Å². The maximum absolute atomic E-state index is 12.5. The zero-order valence-corrected chi connectivity index (χ0v) is 21.3. The molecule has 0 radical (unpaired) electrons. The van der Waals surface area contributed by atoms with Crippen LogP contribution in [0.15, 0.2) is 64.0 Å². The van der Waals surface area contributed by atoms with Crippen molar-refractivity contribution in [3.05, 3.63) is 71.5 Å². The molecule has 4 rings (SSSR count). The van der Waals surface area contributed by atoms with Crippen molar-refractivity contribution in [2.24, 2.45) is 4.99 Å². The van der Waals surface area contributed by atoms with Gasteiger partial charge in [0.1, 0.15) is 24.0 Å². The highest BCUT2D eigenvalue weighted by Crippen LogP contribution is 2.27. The molecule has 0 bridgehead atoms. The minimum absolute atomic E-state index is 0.0965. The van der Waals surface area contributed by atoms with Crippen LogP contribution in [0.2, 0.25) is 0 Å². The van der Waals surface area contributed by atoms with Crippen LogP contribution in [0.1, 0.15) is 49.1 Å². The Morgan fingerprint density at radius 3 is 2.68 bits per heavy atom. The second kappa shape index (κ2) is 13.3. The van der Waals surface area contributed by atoms with Gasteiger partial charge in [-0.05, 0) is 49.1 Å². The molecule has 3 aromatic rings. The molecule has 1 unspecified atom stereocenters. The Morgan fingerprint density at radius 1 is 1.08 bits per heavy atom. The number of rotatable bonds is 10. The van der Waals surface area contributed by atoms with Gasteiger partial charge in [0, 0.05) is 24.9 Å². The molecule has 2 aromatic carbocycles. The third-order valence-corrected chi connectivity index (χ3v) is 5.92. The lowest BCUT2D eigenvalue weighted by atomic mass is 10.1. The Labute approximate surface area is 220 Å². The van der Waals surface area contributed by atoms with E-state index in [0.29, 0.717) is 36.7 Å². The molecule has 1 aliphatic heterocycles. The maximum atomic E-state index is 12.5. The van der Waals surface area contributed by atoms with Crippen molar-refractivity contribution in [1.29, 1.82) is 0 Å². The molecule has 10 nitrogen and oxygen atoms in total. The number of esters is 1. The van der Waals surface area contributed by atoms with Crippen molar-refractivity contribution >= 4 is 34.9 Å². The normalized spacial score (nSPS) is 13.7. The van der Waals surface area contributed by atoms with Gasteiger partial charge in [-0.15, -0.1) is 0 Å². The van der Waals surface area contributed by atoms with E-state index >= 15 is 0 Å². The van der Waals surface area contributed by atoms with Crippen molar-refractivity contribution in [3.8, 4) is 0 Å². The first-order chi connectivity index (χ1) is 18.5. The molecule has 200 valence electrons. The van der Waals surface area contributed by atoms with Crippen LogP contribution in [-0.4, -0.2) is 43.6 Å². The number of carbonyl (C=O) groups is 3. The minimum atomic E-state index is -0.775. The lowest BCUT2D eigenvalue weighted by molar-refractivity contribution is -0.143. The summed E-state index contributed by atoms with van der Waals surface area (Å²) in [5, 5.41) is 9.39. The molecule has 1 atom stereocenters. The number of ether oxygens (including phenoxy) is 2. The molecule has 1 aliphatic rings. The topological polar surface area (TPSA) is 131 Å². The highest BCUT2D eigenvalue weighted by Gasteiger charge is 2.24. The molecule has 38 heavy (non-hydrogen) atoms. The number of guanidine groups is 1. The molecule has 0 saturated carbocycles. The zero-order valence-electron chi connectivity index (χ0n) is 21.3. The van der Waals surface area contributed by atoms with Crippen LogP contribution in [0.5, 0.6) is 0 Å². The summed E-state index contributed by atoms with van der Waals surface area (Å²) in [5.41, 5.74) is 2.40. The molecule has 0 fully saturated rings. The van der Waals surface area contributed by atoms with E-state index in [-0.39, 0.29) is 25.5 Å². The summed E-state index contributed by atoms with van der Waals surface area (Å²) in [5.74, 6) is 0.350. The molecule has 2 heterocycles. The summed E-state index contributed by atoms with van der Waals surface area (Å²) in [4.78, 5) is 41.3. The van der Waals surface area contributed by atoms with Crippen molar-refractivity contribution in [3.63, 3.8) is 0 Å². The van der Waals surface area contributed by atoms with E-state index in [1.54, 1.807) is 13.0 Å². The molecule has 1 aromatic heterocycles. The van der Waals surface area contributed by atoms with E-state index in [0.717, 1.165) is 29.5 Å². The first-order valence-electron chi connectivity index (χ1n) is 12.7. The average Bonchev–Trinajstić information content (AvgIpc) is 3.35. The van der Waals surface area contributed by atoms with Gasteiger partial charge in [0.15, 0.2) is 5.96 Å². The van der Waals surface area contributed by atoms with Gasteiger partial charge >= 0.3 is 12.1 Å². The van der Waals surface area contributed by atoms with E-state index in [2.05, 4.69) is 20.9 Å². The number of amides is 2. The van der Waals surface area contributed by atoms with E-state index in [9.17, 15) is 14.4 Å². The lowest BCUT2D eigenvalue weighted by Gasteiger charge is -2.16. The Morgan fingerprint density at radius 2 is 1.92 bits per heavy atom. The number of aryl methyl sites for hydroxylation is 1. The summed E-state index contributed by atoms with van der Waals surface area (Å²) in [6.45, 7) is 3.55. The van der Waals surface area contributed by atoms with Crippen LogP contribution in [0.3, 0.4) is 0 Å². The van der Waals surface area contributed by atoms with E-state index in [1.165, 1.54) is 0 Å². The number of carbonyl (C=O) groups excluding carboxylic acids is 3. The van der Waals surface area contributed by atoms with E-state index in [4.69, 9.17) is 13.9 Å². The second-order valence-corrected chi connectivity index (χ2v) is 8.85. The van der Waals surface area contributed by atoms with Gasteiger partial charge in [-0.3, -0.25) is 19.9 Å². The lowest BCUT2D eigenvalue weighted by Crippen LogP contribution is -2.43. The van der Waals surface area contributed by atoms with Crippen LogP contribution in [0.4, 0.5) is 4.79 Å². The van der Waals surface area contributed by atoms with Crippen LogP contribution in [-0.2, 0) is 32.1 Å². The zero-order chi connectivity index (χ0) is 26.7. The third kappa shape index (κ3) is 7.83.